The molecule has 2 heterocycles. The quantitative estimate of drug-likeness (QED) is 0.937. The number of hydrogen-bond acceptors (Lipinski definition) is 4. The number of anilines is 1. The van der Waals surface area contributed by atoms with Crippen LogP contribution in [0.15, 0.2) is 18.5 Å². The molecule has 1 fully saturated rings. The highest BCUT2D eigenvalue weighted by Crippen LogP contribution is 2.25. The SMILES string of the molecule is COC1CCCCC1Nc1cnc2c(cnn2C(C)C)c1. The van der Waals surface area contributed by atoms with Crippen molar-refractivity contribution < 1.29 is 4.74 Å². The zero-order valence-corrected chi connectivity index (χ0v) is 13.0. The third kappa shape index (κ3) is 2.88. The van der Waals surface area contributed by atoms with Crippen LogP contribution in [0.4, 0.5) is 5.69 Å². The molecule has 1 aliphatic carbocycles. The summed E-state index contributed by atoms with van der Waals surface area (Å²) in [6, 6.07) is 2.84. The molecule has 0 spiro atoms. The third-order valence-corrected chi connectivity index (χ3v) is 4.28. The predicted molar refractivity (Wildman–Crippen MR) is 84.6 cm³/mol. The number of ether oxygens (including phenoxy) is 1. The Labute approximate surface area is 125 Å². The maximum Gasteiger partial charge on any atom is 0.158 e. The second kappa shape index (κ2) is 6.02. The first-order valence-electron chi connectivity index (χ1n) is 7.81. The van der Waals surface area contributed by atoms with E-state index in [4.69, 9.17) is 4.74 Å². The Bertz CT molecular complexity index is 607. The summed E-state index contributed by atoms with van der Waals surface area (Å²) in [5.41, 5.74) is 2.00. The summed E-state index contributed by atoms with van der Waals surface area (Å²) < 4.78 is 7.56. The standard InChI is InChI=1S/C16H24N4O/c1-11(2)20-16-12(9-18-20)8-13(10-17-16)19-14-6-4-5-7-15(14)21-3/h8-11,14-15,19H,4-7H2,1-3H3. The van der Waals surface area contributed by atoms with Gasteiger partial charge in [0.1, 0.15) is 0 Å². The van der Waals surface area contributed by atoms with Crippen molar-refractivity contribution in [3.05, 3.63) is 18.5 Å². The minimum absolute atomic E-state index is 0.299. The first-order valence-corrected chi connectivity index (χ1v) is 7.81. The summed E-state index contributed by atoms with van der Waals surface area (Å²) in [5, 5.41) is 9.09. The number of nitrogens with zero attached hydrogens (tertiary/aromatic N) is 3. The van der Waals surface area contributed by atoms with Crippen LogP contribution in [0.2, 0.25) is 0 Å². The summed E-state index contributed by atoms with van der Waals surface area (Å²) in [5.74, 6) is 0. The lowest BCUT2D eigenvalue weighted by Crippen LogP contribution is -2.37. The summed E-state index contributed by atoms with van der Waals surface area (Å²) >= 11 is 0. The van der Waals surface area contributed by atoms with Crippen LogP contribution in [-0.4, -0.2) is 34.0 Å². The maximum absolute atomic E-state index is 5.60. The average molecular weight is 288 g/mol. The maximum atomic E-state index is 5.60. The zero-order chi connectivity index (χ0) is 14.8. The van der Waals surface area contributed by atoms with E-state index in [-0.39, 0.29) is 0 Å². The smallest absolute Gasteiger partial charge is 0.158 e. The van der Waals surface area contributed by atoms with Crippen molar-refractivity contribution in [1.82, 2.24) is 14.8 Å². The van der Waals surface area contributed by atoms with Gasteiger partial charge in [0.25, 0.3) is 0 Å². The Morgan fingerprint density at radius 2 is 2.10 bits per heavy atom. The van der Waals surface area contributed by atoms with Crippen molar-refractivity contribution in [2.75, 3.05) is 12.4 Å². The van der Waals surface area contributed by atoms with Crippen LogP contribution in [0, 0.1) is 0 Å². The van der Waals surface area contributed by atoms with Gasteiger partial charge in [-0.15, -0.1) is 0 Å². The first kappa shape index (κ1) is 14.3. The number of pyridine rings is 1. The van der Waals surface area contributed by atoms with E-state index in [9.17, 15) is 0 Å². The highest BCUT2D eigenvalue weighted by molar-refractivity contribution is 5.78. The monoisotopic (exact) mass is 288 g/mol. The van der Waals surface area contributed by atoms with Crippen molar-refractivity contribution in [3.63, 3.8) is 0 Å². The van der Waals surface area contributed by atoms with Gasteiger partial charge < -0.3 is 10.1 Å². The molecule has 5 heteroatoms. The molecular formula is C16H24N4O. The molecule has 0 aliphatic heterocycles. The highest BCUT2D eigenvalue weighted by atomic mass is 16.5. The number of fused-ring (bicyclic) bond motifs is 1. The molecule has 0 amide bonds. The third-order valence-electron chi connectivity index (χ3n) is 4.28. The Morgan fingerprint density at radius 1 is 1.29 bits per heavy atom. The molecule has 1 N–H and O–H groups in total. The summed E-state index contributed by atoms with van der Waals surface area (Å²) in [6.07, 6.45) is 8.91. The van der Waals surface area contributed by atoms with E-state index in [1.54, 1.807) is 7.11 Å². The van der Waals surface area contributed by atoms with Gasteiger partial charge in [0.05, 0.1) is 30.2 Å². The van der Waals surface area contributed by atoms with E-state index in [1.165, 1.54) is 12.8 Å². The largest absolute Gasteiger partial charge is 0.379 e. The molecule has 0 aromatic carbocycles. The van der Waals surface area contributed by atoms with E-state index >= 15 is 0 Å². The van der Waals surface area contributed by atoms with Crippen LogP contribution in [0.25, 0.3) is 11.0 Å². The Balaban J connectivity index is 1.81. The summed E-state index contributed by atoms with van der Waals surface area (Å²) in [4.78, 5) is 4.58. The highest BCUT2D eigenvalue weighted by Gasteiger charge is 2.24. The van der Waals surface area contributed by atoms with E-state index < -0.39 is 0 Å². The van der Waals surface area contributed by atoms with Crippen molar-refractivity contribution in [1.29, 1.82) is 0 Å². The summed E-state index contributed by atoms with van der Waals surface area (Å²) in [7, 11) is 1.80. The van der Waals surface area contributed by atoms with Crippen LogP contribution in [0.5, 0.6) is 0 Å². The molecule has 3 rings (SSSR count). The molecule has 2 atom stereocenters. The minimum Gasteiger partial charge on any atom is -0.379 e. The van der Waals surface area contributed by atoms with Gasteiger partial charge in [-0.3, -0.25) is 0 Å². The van der Waals surface area contributed by atoms with Crippen LogP contribution in [0.1, 0.15) is 45.6 Å². The van der Waals surface area contributed by atoms with Gasteiger partial charge in [0, 0.05) is 18.5 Å². The van der Waals surface area contributed by atoms with Crippen molar-refractivity contribution in [2.45, 2.75) is 57.7 Å². The molecular weight excluding hydrogens is 264 g/mol. The van der Waals surface area contributed by atoms with Gasteiger partial charge in [-0.25, -0.2) is 9.67 Å². The number of nitrogens with one attached hydrogen (secondary N) is 1. The van der Waals surface area contributed by atoms with Crippen LogP contribution >= 0.6 is 0 Å². The molecule has 21 heavy (non-hydrogen) atoms. The minimum atomic E-state index is 0.299. The fourth-order valence-electron chi connectivity index (χ4n) is 3.16. The molecule has 2 unspecified atom stereocenters. The molecule has 1 aliphatic rings. The lowest BCUT2D eigenvalue weighted by atomic mass is 9.92. The van der Waals surface area contributed by atoms with E-state index in [2.05, 4.69) is 35.3 Å². The van der Waals surface area contributed by atoms with E-state index in [1.807, 2.05) is 17.1 Å². The first-order chi connectivity index (χ1) is 10.2. The number of hydrogen-bond donors (Lipinski definition) is 1. The van der Waals surface area contributed by atoms with Gasteiger partial charge in [0.2, 0.25) is 0 Å². The van der Waals surface area contributed by atoms with Crippen molar-refractivity contribution >= 4 is 16.7 Å². The van der Waals surface area contributed by atoms with Crippen LogP contribution in [-0.2, 0) is 4.74 Å². The van der Waals surface area contributed by atoms with E-state index in [0.717, 1.165) is 29.6 Å². The second-order valence-corrected chi connectivity index (χ2v) is 6.13. The molecule has 0 saturated heterocycles. The van der Waals surface area contributed by atoms with Crippen molar-refractivity contribution in [3.8, 4) is 0 Å². The van der Waals surface area contributed by atoms with Gasteiger partial charge in [-0.1, -0.05) is 12.8 Å². The van der Waals surface area contributed by atoms with Crippen molar-refractivity contribution in [2.24, 2.45) is 0 Å². The molecule has 0 radical (unpaired) electrons. The van der Waals surface area contributed by atoms with Crippen LogP contribution < -0.4 is 5.32 Å². The van der Waals surface area contributed by atoms with Gasteiger partial charge in [0.15, 0.2) is 5.65 Å². The average Bonchev–Trinajstić information content (AvgIpc) is 2.91. The Kier molecular flexibility index (Phi) is 4.10. The normalized spacial score (nSPS) is 22.9. The fourth-order valence-corrected chi connectivity index (χ4v) is 3.16. The fraction of sp³-hybridized carbons (Fsp3) is 0.625. The molecule has 2 aromatic rings. The second-order valence-electron chi connectivity index (χ2n) is 6.13. The lowest BCUT2D eigenvalue weighted by Gasteiger charge is -2.31. The predicted octanol–water partition coefficient (Wildman–Crippen LogP) is 3.38. The number of aromatic nitrogens is 3. The lowest BCUT2D eigenvalue weighted by molar-refractivity contribution is 0.0606. The van der Waals surface area contributed by atoms with Gasteiger partial charge >= 0.3 is 0 Å². The molecule has 2 aromatic heterocycles. The molecule has 114 valence electrons. The molecule has 1 saturated carbocycles. The number of methoxy groups -OCH3 is 1. The Morgan fingerprint density at radius 3 is 2.86 bits per heavy atom. The Hall–Kier alpha value is -1.62. The van der Waals surface area contributed by atoms with Gasteiger partial charge in [-0.2, -0.15) is 5.10 Å². The topological polar surface area (TPSA) is 52.0 Å². The summed E-state index contributed by atoms with van der Waals surface area (Å²) in [6.45, 7) is 4.23. The molecule has 5 nitrogen and oxygen atoms in total. The van der Waals surface area contributed by atoms with Crippen LogP contribution in [0.3, 0.4) is 0 Å². The molecule has 0 bridgehead atoms. The number of rotatable bonds is 4. The zero-order valence-electron chi connectivity index (χ0n) is 13.0. The van der Waals surface area contributed by atoms with E-state index in [0.29, 0.717) is 18.2 Å². The van der Waals surface area contributed by atoms with Gasteiger partial charge in [-0.05, 0) is 32.8 Å².